The van der Waals surface area contributed by atoms with E-state index in [0.29, 0.717) is 29.0 Å². The summed E-state index contributed by atoms with van der Waals surface area (Å²) < 4.78 is 16.3. The summed E-state index contributed by atoms with van der Waals surface area (Å²) in [5, 5.41) is 3.39. The zero-order valence-electron chi connectivity index (χ0n) is 16.2. The number of esters is 1. The first-order chi connectivity index (χ1) is 14.0. The second-order valence-electron chi connectivity index (χ2n) is 6.30. The molecular weight excluding hydrogens is 374 g/mol. The zero-order valence-corrected chi connectivity index (χ0v) is 16.2. The Labute approximate surface area is 167 Å². The highest BCUT2D eigenvalue weighted by Crippen LogP contribution is 2.27. The van der Waals surface area contributed by atoms with Crippen molar-refractivity contribution in [2.75, 3.05) is 18.5 Å². The van der Waals surface area contributed by atoms with Crippen LogP contribution in [-0.4, -0.2) is 30.9 Å². The third-order valence-electron chi connectivity index (χ3n) is 4.20. The summed E-state index contributed by atoms with van der Waals surface area (Å²) in [6, 6.07) is 13.6. The maximum atomic E-state index is 12.5. The van der Waals surface area contributed by atoms with Gasteiger partial charge in [0.1, 0.15) is 5.58 Å². The van der Waals surface area contributed by atoms with Crippen molar-refractivity contribution in [1.82, 2.24) is 0 Å². The van der Waals surface area contributed by atoms with E-state index in [1.165, 1.54) is 6.92 Å². The minimum atomic E-state index is -0.723. The second kappa shape index (κ2) is 9.16. The third kappa shape index (κ3) is 4.89. The van der Waals surface area contributed by atoms with Gasteiger partial charge in [-0.15, -0.1) is 0 Å². The predicted octanol–water partition coefficient (Wildman–Crippen LogP) is 3.97. The van der Waals surface area contributed by atoms with Gasteiger partial charge in [-0.25, -0.2) is 4.79 Å². The van der Waals surface area contributed by atoms with Crippen molar-refractivity contribution >= 4 is 34.3 Å². The smallest absolute Gasteiger partial charge is 0.375 e. The van der Waals surface area contributed by atoms with Crippen LogP contribution < -0.4 is 5.32 Å². The van der Waals surface area contributed by atoms with Gasteiger partial charge in [0.2, 0.25) is 11.7 Å². The summed E-state index contributed by atoms with van der Waals surface area (Å²) in [4.78, 5) is 35.9. The molecule has 150 valence electrons. The van der Waals surface area contributed by atoms with Gasteiger partial charge < -0.3 is 19.2 Å². The lowest BCUT2D eigenvalue weighted by molar-refractivity contribution is -0.114. The number of ketones is 1. The van der Waals surface area contributed by atoms with Crippen molar-refractivity contribution in [3.8, 4) is 0 Å². The average molecular weight is 395 g/mol. The number of anilines is 1. The van der Waals surface area contributed by atoms with Crippen LogP contribution >= 0.6 is 0 Å². The molecule has 1 heterocycles. The van der Waals surface area contributed by atoms with Gasteiger partial charge in [-0.2, -0.15) is 0 Å². The highest BCUT2D eigenvalue weighted by atomic mass is 16.5. The van der Waals surface area contributed by atoms with Gasteiger partial charge in [0.05, 0.1) is 6.61 Å². The van der Waals surface area contributed by atoms with E-state index in [2.05, 4.69) is 5.32 Å². The Balaban J connectivity index is 1.70. The van der Waals surface area contributed by atoms with E-state index >= 15 is 0 Å². The molecule has 0 atom stereocenters. The van der Waals surface area contributed by atoms with Gasteiger partial charge in [-0.1, -0.05) is 18.2 Å². The first kappa shape index (κ1) is 20.3. The first-order valence-electron chi connectivity index (χ1n) is 9.15. The molecule has 0 aliphatic rings. The summed E-state index contributed by atoms with van der Waals surface area (Å²) in [6.07, 6.45) is 0. The van der Waals surface area contributed by atoms with Crippen molar-refractivity contribution in [2.45, 2.75) is 20.5 Å². The fourth-order valence-electron chi connectivity index (χ4n) is 2.83. The van der Waals surface area contributed by atoms with Gasteiger partial charge >= 0.3 is 5.97 Å². The van der Waals surface area contributed by atoms with Crippen LogP contribution in [0.4, 0.5) is 5.69 Å². The van der Waals surface area contributed by atoms with Crippen molar-refractivity contribution < 1.29 is 28.3 Å². The zero-order chi connectivity index (χ0) is 20.8. The van der Waals surface area contributed by atoms with Crippen LogP contribution in [0.2, 0.25) is 0 Å². The monoisotopic (exact) mass is 395 g/mol. The van der Waals surface area contributed by atoms with Gasteiger partial charge in [-0.3, -0.25) is 9.59 Å². The maximum Gasteiger partial charge on any atom is 0.375 e. The lowest BCUT2D eigenvalue weighted by Crippen LogP contribution is -2.15. The van der Waals surface area contributed by atoms with E-state index in [1.807, 2.05) is 19.1 Å². The van der Waals surface area contributed by atoms with Gasteiger partial charge in [0.15, 0.2) is 12.4 Å². The number of nitrogens with one attached hydrogen (secondary N) is 1. The van der Waals surface area contributed by atoms with Gasteiger partial charge in [0.25, 0.3) is 0 Å². The Kier molecular flexibility index (Phi) is 6.41. The number of benzene rings is 2. The fraction of sp³-hybridized carbons (Fsp3) is 0.227. The van der Waals surface area contributed by atoms with Crippen LogP contribution in [0, 0.1) is 0 Å². The molecule has 7 heteroatoms. The minimum Gasteiger partial charge on any atom is -0.451 e. The molecule has 0 unspecified atom stereocenters. The Morgan fingerprint density at radius 3 is 2.45 bits per heavy atom. The van der Waals surface area contributed by atoms with Crippen LogP contribution in [0.1, 0.15) is 40.3 Å². The lowest BCUT2D eigenvalue weighted by atomic mass is 10.1. The molecule has 1 aromatic heterocycles. The third-order valence-corrected chi connectivity index (χ3v) is 4.20. The molecule has 3 rings (SSSR count). The van der Waals surface area contributed by atoms with Gasteiger partial charge in [-0.05, 0) is 37.3 Å². The molecule has 1 amide bonds. The van der Waals surface area contributed by atoms with Crippen molar-refractivity contribution in [3.05, 3.63) is 65.4 Å². The molecule has 0 saturated carbocycles. The maximum absolute atomic E-state index is 12.5. The van der Waals surface area contributed by atoms with E-state index < -0.39 is 12.6 Å². The molecule has 0 fully saturated rings. The Morgan fingerprint density at radius 2 is 1.76 bits per heavy atom. The molecule has 0 spiro atoms. The molecule has 0 aliphatic carbocycles. The quantitative estimate of drug-likeness (QED) is 0.458. The van der Waals surface area contributed by atoms with E-state index in [0.717, 1.165) is 5.39 Å². The van der Waals surface area contributed by atoms with Crippen LogP contribution in [0.5, 0.6) is 0 Å². The molecule has 1 N–H and O–H groups in total. The topological polar surface area (TPSA) is 94.8 Å². The van der Waals surface area contributed by atoms with Crippen LogP contribution in [0.15, 0.2) is 52.9 Å². The van der Waals surface area contributed by atoms with Crippen LogP contribution in [-0.2, 0) is 20.9 Å². The number of hydrogen-bond donors (Lipinski definition) is 1. The summed E-state index contributed by atoms with van der Waals surface area (Å²) in [5.41, 5.74) is 2.09. The molecule has 7 nitrogen and oxygen atoms in total. The number of fused-ring (bicyclic) bond motifs is 1. The summed E-state index contributed by atoms with van der Waals surface area (Å²) in [7, 11) is 0. The van der Waals surface area contributed by atoms with Crippen LogP contribution in [0.3, 0.4) is 0 Å². The van der Waals surface area contributed by atoms with E-state index in [1.54, 1.807) is 36.4 Å². The Morgan fingerprint density at radius 1 is 1.03 bits per heavy atom. The number of carbonyl (C=O) groups is 3. The van der Waals surface area contributed by atoms with E-state index in [9.17, 15) is 14.4 Å². The summed E-state index contributed by atoms with van der Waals surface area (Å²) in [5.74, 6) is -1.26. The number of carbonyl (C=O) groups excluding carboxylic acids is 3. The molecule has 0 aliphatic heterocycles. The predicted molar refractivity (Wildman–Crippen MR) is 107 cm³/mol. The minimum absolute atomic E-state index is 0.0356. The Bertz CT molecular complexity index is 1040. The molecule has 2 aromatic carbocycles. The largest absolute Gasteiger partial charge is 0.451 e. The normalized spacial score (nSPS) is 10.7. The summed E-state index contributed by atoms with van der Waals surface area (Å²) >= 11 is 0. The second-order valence-corrected chi connectivity index (χ2v) is 6.30. The SMILES string of the molecule is CCOCc1c(C(=O)OCC(=O)c2ccc(NC(C)=O)cc2)oc2ccccc12. The highest BCUT2D eigenvalue weighted by Gasteiger charge is 2.22. The molecule has 29 heavy (non-hydrogen) atoms. The molecule has 0 radical (unpaired) electrons. The molecule has 3 aromatic rings. The van der Waals surface area contributed by atoms with E-state index in [4.69, 9.17) is 13.9 Å². The number of ether oxygens (including phenoxy) is 2. The number of amides is 1. The number of Topliss-reactive ketones (excluding diaryl/α,β-unsaturated/α-hetero) is 1. The molecule has 0 bridgehead atoms. The standard InChI is InChI=1S/C22H21NO6/c1-3-27-12-18-17-6-4-5-7-20(17)29-21(18)22(26)28-13-19(25)15-8-10-16(11-9-15)23-14(2)24/h4-11H,3,12-13H2,1-2H3,(H,23,24). The molecular formula is C22H21NO6. The average Bonchev–Trinajstić information content (AvgIpc) is 3.09. The van der Waals surface area contributed by atoms with Gasteiger partial charge in [0, 0.05) is 35.7 Å². The lowest BCUT2D eigenvalue weighted by Gasteiger charge is -2.06. The highest BCUT2D eigenvalue weighted by molar-refractivity contribution is 6.01. The fourth-order valence-corrected chi connectivity index (χ4v) is 2.83. The Hall–Kier alpha value is -3.45. The first-order valence-corrected chi connectivity index (χ1v) is 9.15. The van der Waals surface area contributed by atoms with Crippen molar-refractivity contribution in [3.63, 3.8) is 0 Å². The molecule has 0 saturated heterocycles. The van der Waals surface area contributed by atoms with Crippen molar-refractivity contribution in [1.29, 1.82) is 0 Å². The van der Waals surface area contributed by atoms with Crippen molar-refractivity contribution in [2.24, 2.45) is 0 Å². The van der Waals surface area contributed by atoms with Crippen LogP contribution in [0.25, 0.3) is 11.0 Å². The summed E-state index contributed by atoms with van der Waals surface area (Å²) in [6.45, 7) is 3.52. The number of rotatable bonds is 8. The number of furan rings is 1. The van der Waals surface area contributed by atoms with E-state index in [-0.39, 0.29) is 24.1 Å². The number of hydrogen-bond acceptors (Lipinski definition) is 6. The number of para-hydroxylation sites is 1.